The number of amides is 1. The zero-order valence-electron chi connectivity index (χ0n) is 16.3. The van der Waals surface area contributed by atoms with Gasteiger partial charge in [0, 0.05) is 13.6 Å². The third-order valence-electron chi connectivity index (χ3n) is 4.10. The van der Waals surface area contributed by atoms with Crippen LogP contribution in [0.15, 0.2) is 59.5 Å². The van der Waals surface area contributed by atoms with Gasteiger partial charge < -0.3 is 10.1 Å². The fourth-order valence-corrected chi connectivity index (χ4v) is 3.48. The van der Waals surface area contributed by atoms with Gasteiger partial charge in [0.15, 0.2) is 6.61 Å². The van der Waals surface area contributed by atoms with Crippen molar-refractivity contribution in [2.45, 2.75) is 17.7 Å². The molecule has 0 aromatic heterocycles. The van der Waals surface area contributed by atoms with E-state index in [2.05, 4.69) is 5.32 Å². The third-order valence-corrected chi connectivity index (χ3v) is 5.78. The van der Waals surface area contributed by atoms with Crippen LogP contribution in [-0.2, 0) is 30.8 Å². The predicted octanol–water partition coefficient (Wildman–Crippen LogP) is 1.77. The molecule has 2 rings (SSSR count). The first-order valence-corrected chi connectivity index (χ1v) is 10.4. The van der Waals surface area contributed by atoms with Gasteiger partial charge in [-0.05, 0) is 36.6 Å². The molecule has 0 bridgehead atoms. The summed E-state index contributed by atoms with van der Waals surface area (Å²) in [6.07, 6.45) is 1.59. The standard InChI is InChI=1S/C20H24N2O6S/c1-22(27-2)29(25,26)18-12-6-11-17(14-18)20(24)28-15-19(23)21-13-7-10-16-8-4-3-5-9-16/h3-6,8-9,11-12,14H,7,10,13,15H2,1-2H3,(H,21,23). The van der Waals surface area contributed by atoms with Crippen LogP contribution in [0.5, 0.6) is 0 Å². The van der Waals surface area contributed by atoms with Crippen molar-refractivity contribution < 1.29 is 27.6 Å². The van der Waals surface area contributed by atoms with Crippen molar-refractivity contribution in [3.8, 4) is 0 Å². The first kappa shape index (κ1) is 22.5. The minimum absolute atomic E-state index is 0.0208. The van der Waals surface area contributed by atoms with Crippen LogP contribution in [0.2, 0.25) is 0 Å². The zero-order chi connectivity index (χ0) is 21.3. The molecule has 0 aliphatic heterocycles. The third kappa shape index (κ3) is 6.67. The minimum Gasteiger partial charge on any atom is -0.452 e. The lowest BCUT2D eigenvalue weighted by Crippen LogP contribution is -2.30. The second-order valence-electron chi connectivity index (χ2n) is 6.14. The van der Waals surface area contributed by atoms with Crippen LogP contribution in [0.4, 0.5) is 0 Å². The number of carbonyl (C=O) groups excluding carboxylic acids is 2. The van der Waals surface area contributed by atoms with Crippen molar-refractivity contribution in [2.75, 3.05) is 27.3 Å². The molecule has 2 aromatic rings. The van der Waals surface area contributed by atoms with Gasteiger partial charge >= 0.3 is 5.97 Å². The highest BCUT2D eigenvalue weighted by atomic mass is 32.2. The number of sulfonamides is 1. The lowest BCUT2D eigenvalue weighted by molar-refractivity contribution is -0.124. The first-order chi connectivity index (χ1) is 13.8. The molecule has 29 heavy (non-hydrogen) atoms. The van der Waals surface area contributed by atoms with Gasteiger partial charge in [-0.3, -0.25) is 9.63 Å². The van der Waals surface area contributed by atoms with Crippen molar-refractivity contribution in [1.82, 2.24) is 9.79 Å². The lowest BCUT2D eigenvalue weighted by Gasteiger charge is -2.14. The van der Waals surface area contributed by atoms with Gasteiger partial charge in [-0.25, -0.2) is 13.2 Å². The molecule has 8 nitrogen and oxygen atoms in total. The van der Waals surface area contributed by atoms with Gasteiger partial charge in [0.05, 0.1) is 17.6 Å². The topological polar surface area (TPSA) is 102 Å². The number of aryl methyl sites for hydroxylation is 1. The summed E-state index contributed by atoms with van der Waals surface area (Å²) >= 11 is 0. The second-order valence-corrected chi connectivity index (χ2v) is 8.08. The summed E-state index contributed by atoms with van der Waals surface area (Å²) in [5.74, 6) is -1.21. The summed E-state index contributed by atoms with van der Waals surface area (Å²) < 4.78 is 30.1. The van der Waals surface area contributed by atoms with E-state index in [1.807, 2.05) is 30.3 Å². The Kier molecular flexibility index (Phi) is 8.32. The smallest absolute Gasteiger partial charge is 0.338 e. The molecule has 156 valence electrons. The van der Waals surface area contributed by atoms with Crippen LogP contribution in [0, 0.1) is 0 Å². The second kappa shape index (κ2) is 10.7. The monoisotopic (exact) mass is 420 g/mol. The average Bonchev–Trinajstić information content (AvgIpc) is 2.75. The number of nitrogens with one attached hydrogen (secondary N) is 1. The number of esters is 1. The van der Waals surface area contributed by atoms with Gasteiger partial charge in [-0.2, -0.15) is 0 Å². The molecule has 0 unspecified atom stereocenters. The molecule has 9 heteroatoms. The molecule has 2 aromatic carbocycles. The van der Waals surface area contributed by atoms with E-state index in [9.17, 15) is 18.0 Å². The van der Waals surface area contributed by atoms with Gasteiger partial charge in [-0.1, -0.05) is 40.9 Å². The molecule has 0 fully saturated rings. The van der Waals surface area contributed by atoms with Gasteiger partial charge in [0.25, 0.3) is 15.9 Å². The summed E-state index contributed by atoms with van der Waals surface area (Å²) in [5, 5.41) is 2.68. The van der Waals surface area contributed by atoms with Gasteiger partial charge in [0.1, 0.15) is 0 Å². The number of hydroxylamine groups is 1. The zero-order valence-corrected chi connectivity index (χ0v) is 17.1. The molecule has 0 saturated carbocycles. The SMILES string of the molecule is CON(C)S(=O)(=O)c1cccc(C(=O)OCC(=O)NCCCc2ccccc2)c1. The van der Waals surface area contributed by atoms with Crippen molar-refractivity contribution >= 4 is 21.9 Å². The highest BCUT2D eigenvalue weighted by Crippen LogP contribution is 2.16. The highest BCUT2D eigenvalue weighted by Gasteiger charge is 2.22. The Morgan fingerprint density at radius 3 is 2.48 bits per heavy atom. The molecule has 0 aliphatic rings. The van der Waals surface area contributed by atoms with Crippen LogP contribution < -0.4 is 5.32 Å². The largest absolute Gasteiger partial charge is 0.452 e. The summed E-state index contributed by atoms with van der Waals surface area (Å²) in [6.45, 7) is 0.0154. The fourth-order valence-electron chi connectivity index (χ4n) is 2.46. The van der Waals surface area contributed by atoms with Crippen LogP contribution in [0.3, 0.4) is 0 Å². The van der Waals surface area contributed by atoms with E-state index < -0.39 is 28.5 Å². The molecular formula is C20H24N2O6S. The summed E-state index contributed by atoms with van der Waals surface area (Å²) in [7, 11) is -1.44. The molecule has 0 aliphatic carbocycles. The average molecular weight is 420 g/mol. The molecular weight excluding hydrogens is 396 g/mol. The maximum atomic E-state index is 12.2. The predicted molar refractivity (Wildman–Crippen MR) is 106 cm³/mol. The van der Waals surface area contributed by atoms with E-state index in [-0.39, 0.29) is 10.5 Å². The lowest BCUT2D eigenvalue weighted by atomic mass is 10.1. The number of benzene rings is 2. The van der Waals surface area contributed by atoms with Crippen LogP contribution in [0.1, 0.15) is 22.3 Å². The van der Waals surface area contributed by atoms with Gasteiger partial charge in [-0.15, -0.1) is 0 Å². The van der Waals surface area contributed by atoms with Crippen LogP contribution >= 0.6 is 0 Å². The molecule has 1 amide bonds. The van der Waals surface area contributed by atoms with Crippen molar-refractivity contribution in [3.05, 3.63) is 65.7 Å². The molecule has 0 atom stereocenters. The van der Waals surface area contributed by atoms with E-state index in [0.717, 1.165) is 12.8 Å². The molecule has 0 spiro atoms. The summed E-state index contributed by atoms with van der Waals surface area (Å²) in [4.78, 5) is 28.6. The number of hydrogen-bond donors (Lipinski definition) is 1. The van der Waals surface area contributed by atoms with Crippen molar-refractivity contribution in [1.29, 1.82) is 0 Å². The van der Waals surface area contributed by atoms with E-state index in [1.165, 1.54) is 44.0 Å². The Labute approximate surface area is 170 Å². The normalized spacial score (nSPS) is 11.3. The number of ether oxygens (including phenoxy) is 1. The number of nitrogens with zero attached hydrogens (tertiary/aromatic N) is 1. The summed E-state index contributed by atoms with van der Waals surface area (Å²) in [6, 6.07) is 15.2. The number of rotatable bonds is 10. The van der Waals surface area contributed by atoms with Crippen LogP contribution in [0.25, 0.3) is 0 Å². The van der Waals surface area contributed by atoms with Crippen molar-refractivity contribution in [2.24, 2.45) is 0 Å². The van der Waals surface area contributed by atoms with E-state index in [4.69, 9.17) is 9.57 Å². The quantitative estimate of drug-likeness (QED) is 0.357. The number of hydrogen-bond acceptors (Lipinski definition) is 6. The Bertz CT molecular complexity index is 931. The minimum atomic E-state index is -3.89. The fraction of sp³-hybridized carbons (Fsp3) is 0.300. The Morgan fingerprint density at radius 2 is 1.79 bits per heavy atom. The molecule has 1 N–H and O–H groups in total. The van der Waals surface area contributed by atoms with E-state index >= 15 is 0 Å². The molecule has 0 saturated heterocycles. The van der Waals surface area contributed by atoms with Crippen LogP contribution in [-0.4, -0.2) is 52.1 Å². The van der Waals surface area contributed by atoms with Gasteiger partial charge in [0.2, 0.25) is 0 Å². The molecule has 0 radical (unpaired) electrons. The van der Waals surface area contributed by atoms with E-state index in [0.29, 0.717) is 11.0 Å². The highest BCUT2D eigenvalue weighted by molar-refractivity contribution is 7.89. The summed E-state index contributed by atoms with van der Waals surface area (Å²) in [5.41, 5.74) is 1.20. The van der Waals surface area contributed by atoms with E-state index in [1.54, 1.807) is 0 Å². The first-order valence-electron chi connectivity index (χ1n) is 8.95. The van der Waals surface area contributed by atoms with Crippen molar-refractivity contribution in [3.63, 3.8) is 0 Å². The Hall–Kier alpha value is -2.75. The maximum absolute atomic E-state index is 12.2. The maximum Gasteiger partial charge on any atom is 0.338 e. The molecule has 0 heterocycles. The number of carbonyl (C=O) groups is 2. The Balaban J connectivity index is 1.81. The Morgan fingerprint density at radius 1 is 1.07 bits per heavy atom.